The van der Waals surface area contributed by atoms with Crippen LogP contribution in [0.25, 0.3) is 11.3 Å². The predicted molar refractivity (Wildman–Crippen MR) is 64.0 cm³/mol. The molecule has 1 aromatic carbocycles. The van der Waals surface area contributed by atoms with Gasteiger partial charge in [0.1, 0.15) is 5.69 Å². The van der Waals surface area contributed by atoms with Gasteiger partial charge >= 0.3 is 0 Å². The van der Waals surface area contributed by atoms with Crippen molar-refractivity contribution in [2.24, 2.45) is 0 Å². The highest BCUT2D eigenvalue weighted by Crippen LogP contribution is 2.25. The number of Topliss-reactive ketones (excluding diaryl/α,β-unsaturated/α-hetero) is 1. The second kappa shape index (κ2) is 4.74. The summed E-state index contributed by atoms with van der Waals surface area (Å²) in [6.45, 7) is 1.54. The average molecular weight is 228 g/mol. The molecule has 4 heteroatoms. The zero-order valence-electron chi connectivity index (χ0n) is 9.68. The zero-order chi connectivity index (χ0) is 12.3. The molecule has 0 radical (unpaired) electrons. The van der Waals surface area contributed by atoms with Crippen LogP contribution in [0.1, 0.15) is 17.3 Å². The van der Waals surface area contributed by atoms with Crippen LogP contribution < -0.4 is 4.74 Å². The van der Waals surface area contributed by atoms with Crippen LogP contribution in [0, 0.1) is 0 Å². The summed E-state index contributed by atoms with van der Waals surface area (Å²) in [6.07, 6.45) is 3.18. The number of carbonyl (C=O) groups is 1. The largest absolute Gasteiger partial charge is 0.479 e. The molecule has 0 aliphatic rings. The third-order valence-corrected chi connectivity index (χ3v) is 2.42. The Morgan fingerprint density at radius 1 is 1.12 bits per heavy atom. The summed E-state index contributed by atoms with van der Waals surface area (Å²) >= 11 is 0. The first-order valence-corrected chi connectivity index (χ1v) is 5.18. The molecule has 0 bridgehead atoms. The van der Waals surface area contributed by atoms with Gasteiger partial charge < -0.3 is 4.74 Å². The van der Waals surface area contributed by atoms with E-state index >= 15 is 0 Å². The maximum Gasteiger partial charge on any atom is 0.240 e. The molecule has 0 saturated heterocycles. The van der Waals surface area contributed by atoms with Crippen molar-refractivity contribution in [2.45, 2.75) is 6.92 Å². The molecule has 0 saturated carbocycles. The van der Waals surface area contributed by atoms with Gasteiger partial charge in [-0.05, 0) is 6.92 Å². The number of hydrogen-bond donors (Lipinski definition) is 0. The van der Waals surface area contributed by atoms with Crippen LogP contribution in [0.4, 0.5) is 0 Å². The van der Waals surface area contributed by atoms with Crippen LogP contribution in [0.5, 0.6) is 5.88 Å². The van der Waals surface area contributed by atoms with E-state index in [1.54, 1.807) is 31.6 Å². The third-order valence-electron chi connectivity index (χ3n) is 2.42. The van der Waals surface area contributed by atoms with E-state index in [2.05, 4.69) is 9.97 Å². The molecule has 17 heavy (non-hydrogen) atoms. The fourth-order valence-corrected chi connectivity index (χ4v) is 1.54. The van der Waals surface area contributed by atoms with Gasteiger partial charge in [0.15, 0.2) is 5.78 Å². The molecule has 0 fully saturated rings. The topological polar surface area (TPSA) is 52.1 Å². The first-order chi connectivity index (χ1) is 8.22. The SMILES string of the molecule is COc1nccnc1-c1ccc(C(C)=O)cc1. The molecule has 0 N–H and O–H groups in total. The van der Waals surface area contributed by atoms with Crippen molar-refractivity contribution in [2.75, 3.05) is 7.11 Å². The van der Waals surface area contributed by atoms with E-state index < -0.39 is 0 Å². The van der Waals surface area contributed by atoms with Gasteiger partial charge in [0.05, 0.1) is 7.11 Å². The lowest BCUT2D eigenvalue weighted by Gasteiger charge is -2.05. The summed E-state index contributed by atoms with van der Waals surface area (Å²) in [4.78, 5) is 19.5. The molecular formula is C13H12N2O2. The van der Waals surface area contributed by atoms with Crippen LogP contribution in [0.3, 0.4) is 0 Å². The minimum atomic E-state index is 0.0441. The highest BCUT2D eigenvalue weighted by Gasteiger charge is 2.08. The summed E-state index contributed by atoms with van der Waals surface area (Å²) in [5.74, 6) is 0.519. The van der Waals surface area contributed by atoms with Crippen molar-refractivity contribution in [3.8, 4) is 17.1 Å². The molecule has 1 heterocycles. The molecule has 2 aromatic rings. The molecule has 0 aliphatic heterocycles. The fraction of sp³-hybridized carbons (Fsp3) is 0.154. The minimum Gasteiger partial charge on any atom is -0.479 e. The summed E-state index contributed by atoms with van der Waals surface area (Å²) in [6, 6.07) is 7.21. The molecule has 0 spiro atoms. The lowest BCUT2D eigenvalue weighted by molar-refractivity contribution is 0.101. The first-order valence-electron chi connectivity index (χ1n) is 5.18. The van der Waals surface area contributed by atoms with Gasteiger partial charge in [-0.2, -0.15) is 0 Å². The Labute approximate surface area is 99.3 Å². The number of nitrogens with zero attached hydrogens (tertiary/aromatic N) is 2. The molecule has 2 rings (SSSR count). The van der Waals surface area contributed by atoms with Crippen molar-refractivity contribution >= 4 is 5.78 Å². The number of benzene rings is 1. The third kappa shape index (κ3) is 2.30. The maximum absolute atomic E-state index is 11.2. The number of ether oxygens (including phenoxy) is 1. The number of carbonyl (C=O) groups excluding carboxylic acids is 1. The predicted octanol–water partition coefficient (Wildman–Crippen LogP) is 2.35. The number of hydrogen-bond acceptors (Lipinski definition) is 4. The first kappa shape index (κ1) is 11.3. The fourth-order valence-electron chi connectivity index (χ4n) is 1.54. The monoisotopic (exact) mass is 228 g/mol. The highest BCUT2D eigenvalue weighted by atomic mass is 16.5. The lowest BCUT2D eigenvalue weighted by Crippen LogP contribution is -1.95. The molecular weight excluding hydrogens is 216 g/mol. The Morgan fingerprint density at radius 2 is 1.76 bits per heavy atom. The van der Waals surface area contributed by atoms with Gasteiger partial charge in [-0.1, -0.05) is 24.3 Å². The summed E-state index contributed by atoms with van der Waals surface area (Å²) < 4.78 is 5.14. The Morgan fingerprint density at radius 3 is 2.35 bits per heavy atom. The summed E-state index contributed by atoms with van der Waals surface area (Å²) in [5.41, 5.74) is 2.22. The average Bonchev–Trinajstić information content (AvgIpc) is 2.39. The van der Waals surface area contributed by atoms with E-state index in [9.17, 15) is 4.79 Å². The number of aromatic nitrogens is 2. The quantitative estimate of drug-likeness (QED) is 0.757. The Hall–Kier alpha value is -2.23. The van der Waals surface area contributed by atoms with E-state index in [4.69, 9.17) is 4.74 Å². The van der Waals surface area contributed by atoms with Gasteiger partial charge in [-0.3, -0.25) is 4.79 Å². The number of rotatable bonds is 3. The van der Waals surface area contributed by atoms with E-state index in [1.165, 1.54) is 6.92 Å². The smallest absolute Gasteiger partial charge is 0.240 e. The molecule has 86 valence electrons. The van der Waals surface area contributed by atoms with Crippen molar-refractivity contribution in [3.63, 3.8) is 0 Å². The van der Waals surface area contributed by atoms with Gasteiger partial charge in [-0.25, -0.2) is 9.97 Å². The summed E-state index contributed by atoms with van der Waals surface area (Å²) in [7, 11) is 1.55. The van der Waals surface area contributed by atoms with Crippen LogP contribution >= 0.6 is 0 Å². The zero-order valence-corrected chi connectivity index (χ0v) is 9.68. The molecule has 4 nitrogen and oxygen atoms in total. The second-order valence-corrected chi connectivity index (χ2v) is 3.55. The number of ketones is 1. The number of methoxy groups -OCH3 is 1. The Kier molecular flexibility index (Phi) is 3.14. The normalized spacial score (nSPS) is 10.0. The summed E-state index contributed by atoms with van der Waals surface area (Å²) in [5, 5.41) is 0. The van der Waals surface area contributed by atoms with Gasteiger partial charge in [0, 0.05) is 23.5 Å². The molecule has 0 atom stereocenters. The van der Waals surface area contributed by atoms with Crippen LogP contribution in [-0.2, 0) is 0 Å². The maximum atomic E-state index is 11.2. The van der Waals surface area contributed by atoms with Crippen LogP contribution in [0.2, 0.25) is 0 Å². The van der Waals surface area contributed by atoms with Crippen LogP contribution in [0.15, 0.2) is 36.7 Å². The van der Waals surface area contributed by atoms with Crippen molar-refractivity contribution in [1.29, 1.82) is 0 Å². The van der Waals surface area contributed by atoms with E-state index in [0.29, 0.717) is 17.1 Å². The van der Waals surface area contributed by atoms with Gasteiger partial charge in [0.25, 0.3) is 0 Å². The van der Waals surface area contributed by atoms with Gasteiger partial charge in [0.2, 0.25) is 5.88 Å². The minimum absolute atomic E-state index is 0.0441. The van der Waals surface area contributed by atoms with E-state index in [0.717, 1.165) is 5.56 Å². The van der Waals surface area contributed by atoms with Crippen molar-refractivity contribution < 1.29 is 9.53 Å². The highest BCUT2D eigenvalue weighted by molar-refractivity contribution is 5.94. The standard InChI is InChI=1S/C13H12N2O2/c1-9(16)10-3-5-11(6-4-10)12-13(17-2)15-8-7-14-12/h3-8H,1-2H3. The Bertz CT molecular complexity index is 535. The molecule has 0 aliphatic carbocycles. The Balaban J connectivity index is 2.43. The molecule has 0 amide bonds. The van der Waals surface area contributed by atoms with Crippen molar-refractivity contribution in [3.05, 3.63) is 42.2 Å². The van der Waals surface area contributed by atoms with Crippen LogP contribution in [-0.4, -0.2) is 22.9 Å². The second-order valence-electron chi connectivity index (χ2n) is 3.55. The van der Waals surface area contributed by atoms with Crippen molar-refractivity contribution in [1.82, 2.24) is 9.97 Å². The molecule has 0 unspecified atom stereocenters. The lowest BCUT2D eigenvalue weighted by atomic mass is 10.1. The van der Waals surface area contributed by atoms with Gasteiger partial charge in [-0.15, -0.1) is 0 Å². The molecule has 1 aromatic heterocycles. The van der Waals surface area contributed by atoms with E-state index in [1.807, 2.05) is 12.1 Å². The van der Waals surface area contributed by atoms with E-state index in [-0.39, 0.29) is 5.78 Å².